The van der Waals surface area contributed by atoms with Gasteiger partial charge in [0.15, 0.2) is 11.6 Å². The number of anilines is 3. The molecule has 8 nitrogen and oxygen atoms in total. The summed E-state index contributed by atoms with van der Waals surface area (Å²) in [5.74, 6) is 0.366. The van der Waals surface area contributed by atoms with Crippen LogP contribution in [0.15, 0.2) is 48.5 Å². The molecule has 0 saturated carbocycles. The van der Waals surface area contributed by atoms with Gasteiger partial charge in [0.25, 0.3) is 0 Å². The van der Waals surface area contributed by atoms with Gasteiger partial charge < -0.3 is 20.1 Å². The first-order valence-corrected chi connectivity index (χ1v) is 11.2. The maximum atomic E-state index is 14.1. The van der Waals surface area contributed by atoms with E-state index in [2.05, 4.69) is 37.4 Å². The minimum Gasteiger partial charge on any atom is -0.494 e. The number of halogens is 1. The Balaban J connectivity index is 1.52. The number of nitrogens with one attached hydrogen (secondary N) is 2. The second-order valence-corrected chi connectivity index (χ2v) is 7.82. The Morgan fingerprint density at radius 1 is 1.09 bits per heavy atom. The number of aromatic nitrogens is 3. The Labute approximate surface area is 193 Å². The normalized spacial score (nSPS) is 15.9. The topological polar surface area (TPSA) is 84.4 Å². The van der Waals surface area contributed by atoms with E-state index < -0.39 is 5.82 Å². The van der Waals surface area contributed by atoms with E-state index >= 15 is 0 Å². The second kappa shape index (κ2) is 10.9. The van der Waals surface area contributed by atoms with Crippen molar-refractivity contribution < 1.29 is 13.9 Å². The van der Waals surface area contributed by atoms with Gasteiger partial charge in [0.05, 0.1) is 7.11 Å². The van der Waals surface area contributed by atoms with Crippen LogP contribution in [0.2, 0.25) is 0 Å². The highest BCUT2D eigenvalue weighted by Crippen LogP contribution is 2.24. The molecule has 1 atom stereocenters. The molecule has 1 fully saturated rings. The van der Waals surface area contributed by atoms with Gasteiger partial charge in [-0.1, -0.05) is 37.3 Å². The lowest BCUT2D eigenvalue weighted by Crippen LogP contribution is -2.35. The molecule has 2 aromatic carbocycles. The number of nitrogens with zero attached hydrogens (tertiary/aromatic N) is 4. The summed E-state index contributed by atoms with van der Waals surface area (Å²) in [4.78, 5) is 15.7. The zero-order valence-electron chi connectivity index (χ0n) is 18.9. The summed E-state index contributed by atoms with van der Waals surface area (Å²) in [5.41, 5.74) is 1.50. The van der Waals surface area contributed by atoms with Crippen molar-refractivity contribution in [3.8, 4) is 11.8 Å². The molecule has 2 N–H and O–H groups in total. The Kier molecular flexibility index (Phi) is 7.51. The lowest BCUT2D eigenvalue weighted by Gasteiger charge is -2.23. The largest absolute Gasteiger partial charge is 0.494 e. The molecule has 1 aliphatic rings. The molecule has 9 heteroatoms. The Bertz CT molecular complexity index is 1050. The number of methoxy groups -OCH3 is 1. The van der Waals surface area contributed by atoms with Gasteiger partial charge in [0.1, 0.15) is 6.61 Å². The summed E-state index contributed by atoms with van der Waals surface area (Å²) in [6, 6.07) is 15.0. The molecule has 174 valence electrons. The molecule has 1 unspecified atom stereocenters. The molecule has 1 saturated heterocycles. The standard InChI is InChI=1S/C24H29FN6O2/c1-3-31-13-7-10-19(31)15-26-22-28-23(27-18-11-12-21(32-2)20(25)14-18)30-24(29-22)33-16-17-8-5-4-6-9-17/h4-6,8-9,11-12,14,19H,3,7,10,13,15-16H2,1-2H3,(H2,26,27,28,29,30). The third-order valence-corrected chi connectivity index (χ3v) is 5.63. The molecule has 0 radical (unpaired) electrons. The van der Waals surface area contributed by atoms with Crippen molar-refractivity contribution in [3.63, 3.8) is 0 Å². The summed E-state index contributed by atoms with van der Waals surface area (Å²) in [6.07, 6.45) is 2.33. The van der Waals surface area contributed by atoms with Crippen LogP contribution in [-0.2, 0) is 6.61 Å². The first kappa shape index (κ1) is 22.7. The maximum Gasteiger partial charge on any atom is 0.323 e. The Hall–Kier alpha value is -3.46. The van der Waals surface area contributed by atoms with Crippen molar-refractivity contribution in [3.05, 3.63) is 59.9 Å². The number of likely N-dealkylation sites (N-methyl/N-ethyl adjacent to an activating group) is 1. The van der Waals surface area contributed by atoms with E-state index in [1.54, 1.807) is 12.1 Å². The highest BCUT2D eigenvalue weighted by atomic mass is 19.1. The molecule has 0 amide bonds. The minimum atomic E-state index is -0.476. The van der Waals surface area contributed by atoms with Gasteiger partial charge in [-0.15, -0.1) is 0 Å². The van der Waals surface area contributed by atoms with Crippen molar-refractivity contribution in [2.45, 2.75) is 32.4 Å². The van der Waals surface area contributed by atoms with Crippen LogP contribution in [0.25, 0.3) is 0 Å². The van der Waals surface area contributed by atoms with Crippen LogP contribution in [0.5, 0.6) is 11.8 Å². The molecule has 3 aromatic rings. The fourth-order valence-corrected chi connectivity index (χ4v) is 3.90. The van der Waals surface area contributed by atoms with Crippen LogP contribution in [0.1, 0.15) is 25.3 Å². The van der Waals surface area contributed by atoms with E-state index in [9.17, 15) is 4.39 Å². The van der Waals surface area contributed by atoms with Crippen LogP contribution in [-0.4, -0.2) is 52.6 Å². The van der Waals surface area contributed by atoms with Crippen LogP contribution in [0, 0.1) is 5.82 Å². The molecule has 2 heterocycles. The Morgan fingerprint density at radius 2 is 1.91 bits per heavy atom. The third kappa shape index (κ3) is 6.07. The highest BCUT2D eigenvalue weighted by molar-refractivity contribution is 5.56. The molecule has 0 bridgehead atoms. The van der Waals surface area contributed by atoms with Gasteiger partial charge >= 0.3 is 6.01 Å². The van der Waals surface area contributed by atoms with E-state index in [-0.39, 0.29) is 17.7 Å². The fraction of sp³-hybridized carbons (Fsp3) is 0.375. The predicted molar refractivity (Wildman–Crippen MR) is 126 cm³/mol. The summed E-state index contributed by atoms with van der Waals surface area (Å²) < 4.78 is 24.9. The summed E-state index contributed by atoms with van der Waals surface area (Å²) in [5, 5.41) is 6.36. The monoisotopic (exact) mass is 452 g/mol. The van der Waals surface area contributed by atoms with Gasteiger partial charge in [-0.3, -0.25) is 4.90 Å². The third-order valence-electron chi connectivity index (χ3n) is 5.63. The average molecular weight is 453 g/mol. The van der Waals surface area contributed by atoms with Crippen molar-refractivity contribution in [1.82, 2.24) is 19.9 Å². The lowest BCUT2D eigenvalue weighted by molar-refractivity contribution is 0.275. The van der Waals surface area contributed by atoms with Crippen molar-refractivity contribution >= 4 is 17.6 Å². The van der Waals surface area contributed by atoms with E-state index in [1.165, 1.54) is 19.6 Å². The molecule has 1 aliphatic heterocycles. The molecular formula is C24H29FN6O2. The second-order valence-electron chi connectivity index (χ2n) is 7.82. The first-order chi connectivity index (χ1) is 16.1. The molecule has 1 aromatic heterocycles. The quantitative estimate of drug-likeness (QED) is 0.473. The molecule has 0 aliphatic carbocycles. The lowest BCUT2D eigenvalue weighted by atomic mass is 10.2. The van der Waals surface area contributed by atoms with Gasteiger partial charge in [0.2, 0.25) is 11.9 Å². The van der Waals surface area contributed by atoms with E-state index in [0.717, 1.165) is 31.6 Å². The number of hydrogen-bond donors (Lipinski definition) is 2. The zero-order valence-corrected chi connectivity index (χ0v) is 18.9. The minimum absolute atomic E-state index is 0.169. The van der Waals surface area contributed by atoms with Gasteiger partial charge in [-0.2, -0.15) is 15.0 Å². The van der Waals surface area contributed by atoms with Gasteiger partial charge in [0, 0.05) is 24.3 Å². The van der Waals surface area contributed by atoms with Crippen molar-refractivity contribution in [1.29, 1.82) is 0 Å². The van der Waals surface area contributed by atoms with Crippen LogP contribution < -0.4 is 20.1 Å². The van der Waals surface area contributed by atoms with Crippen LogP contribution >= 0.6 is 0 Å². The molecule has 33 heavy (non-hydrogen) atoms. The van der Waals surface area contributed by atoms with Gasteiger partial charge in [-0.05, 0) is 43.6 Å². The predicted octanol–water partition coefficient (Wildman–Crippen LogP) is 4.24. The summed E-state index contributed by atoms with van der Waals surface area (Å²) >= 11 is 0. The van der Waals surface area contributed by atoms with E-state index in [0.29, 0.717) is 24.3 Å². The van der Waals surface area contributed by atoms with Crippen molar-refractivity contribution in [2.24, 2.45) is 0 Å². The fourth-order valence-electron chi connectivity index (χ4n) is 3.90. The van der Waals surface area contributed by atoms with Crippen molar-refractivity contribution in [2.75, 3.05) is 37.4 Å². The number of rotatable bonds is 10. The van der Waals surface area contributed by atoms with Crippen LogP contribution in [0.4, 0.5) is 22.0 Å². The first-order valence-electron chi connectivity index (χ1n) is 11.2. The maximum absolute atomic E-state index is 14.1. The SMILES string of the molecule is CCN1CCCC1CNc1nc(Nc2ccc(OC)c(F)c2)nc(OCc2ccccc2)n1. The summed E-state index contributed by atoms with van der Waals surface area (Å²) in [6.45, 7) is 5.36. The smallest absolute Gasteiger partial charge is 0.323 e. The number of hydrogen-bond acceptors (Lipinski definition) is 8. The van der Waals surface area contributed by atoms with E-state index in [1.807, 2.05) is 30.3 Å². The van der Waals surface area contributed by atoms with E-state index in [4.69, 9.17) is 9.47 Å². The molecular weight excluding hydrogens is 423 g/mol. The number of likely N-dealkylation sites (tertiary alicyclic amines) is 1. The average Bonchev–Trinajstić information content (AvgIpc) is 3.30. The highest BCUT2D eigenvalue weighted by Gasteiger charge is 2.23. The zero-order chi connectivity index (χ0) is 23.0. The number of ether oxygens (including phenoxy) is 2. The number of benzene rings is 2. The van der Waals surface area contributed by atoms with Crippen LogP contribution in [0.3, 0.4) is 0 Å². The summed E-state index contributed by atoms with van der Waals surface area (Å²) in [7, 11) is 1.43. The molecule has 4 rings (SSSR count). The molecule has 0 spiro atoms. The van der Waals surface area contributed by atoms with Gasteiger partial charge in [-0.25, -0.2) is 4.39 Å². The Morgan fingerprint density at radius 3 is 2.67 bits per heavy atom.